The fourth-order valence-electron chi connectivity index (χ4n) is 4.15. The Morgan fingerprint density at radius 3 is 2.05 bits per heavy atom. The zero-order chi connectivity index (χ0) is 29.4. The molecule has 1 N–H and O–H groups in total. The lowest BCUT2D eigenvalue weighted by Crippen LogP contribution is -2.53. The molecule has 0 aliphatic heterocycles. The number of carbonyl (C=O) groups excluding carboxylic acids is 2. The maximum atomic E-state index is 14.1. The average Bonchev–Trinajstić information content (AvgIpc) is 2.93. The van der Waals surface area contributed by atoms with Gasteiger partial charge in [-0.15, -0.1) is 0 Å². The fourth-order valence-corrected chi connectivity index (χ4v) is 6.10. The molecule has 0 spiro atoms. The third-order valence-corrected chi connectivity index (χ3v) is 8.67. The molecule has 0 radical (unpaired) electrons. The molecule has 3 rings (SSSR count). The van der Waals surface area contributed by atoms with Gasteiger partial charge in [0.1, 0.15) is 18.3 Å². The Labute approximate surface area is 245 Å². The summed E-state index contributed by atoms with van der Waals surface area (Å²) in [5.41, 5.74) is 0.713. The highest BCUT2D eigenvalue weighted by atomic mass is 35.5. The summed E-state index contributed by atoms with van der Waals surface area (Å²) in [5.74, 6) is -0.438. The van der Waals surface area contributed by atoms with E-state index in [9.17, 15) is 18.0 Å². The molecule has 3 aromatic carbocycles. The van der Waals surface area contributed by atoms with Crippen LogP contribution in [0.1, 0.15) is 32.8 Å². The van der Waals surface area contributed by atoms with E-state index in [1.807, 2.05) is 13.8 Å². The number of benzene rings is 3. The molecule has 0 aromatic heterocycles. The van der Waals surface area contributed by atoms with Crippen LogP contribution in [0.15, 0.2) is 77.7 Å². The van der Waals surface area contributed by atoms with Crippen LogP contribution in [0.2, 0.25) is 10.0 Å². The van der Waals surface area contributed by atoms with Gasteiger partial charge in [0.05, 0.1) is 17.7 Å². The van der Waals surface area contributed by atoms with Gasteiger partial charge in [-0.1, -0.05) is 54.4 Å². The Kier molecular flexibility index (Phi) is 10.8. The summed E-state index contributed by atoms with van der Waals surface area (Å²) in [4.78, 5) is 28.6. The first-order chi connectivity index (χ1) is 19.0. The summed E-state index contributed by atoms with van der Waals surface area (Å²) >= 11 is 12.9. The number of methoxy groups -OCH3 is 1. The van der Waals surface area contributed by atoms with E-state index in [1.54, 1.807) is 67.6 Å². The zero-order valence-corrected chi connectivity index (χ0v) is 25.1. The van der Waals surface area contributed by atoms with Crippen LogP contribution in [0.3, 0.4) is 0 Å². The van der Waals surface area contributed by atoms with Gasteiger partial charge in [0.2, 0.25) is 11.8 Å². The van der Waals surface area contributed by atoms with Gasteiger partial charge in [-0.05, 0) is 68.8 Å². The van der Waals surface area contributed by atoms with Crippen molar-refractivity contribution in [1.29, 1.82) is 0 Å². The summed E-state index contributed by atoms with van der Waals surface area (Å²) in [6.07, 6.45) is 0.278. The summed E-state index contributed by atoms with van der Waals surface area (Å²) in [5, 5.41) is 3.51. The number of hydrogen-bond acceptors (Lipinski definition) is 5. The predicted molar refractivity (Wildman–Crippen MR) is 158 cm³/mol. The number of rotatable bonds is 12. The van der Waals surface area contributed by atoms with Gasteiger partial charge in [0.25, 0.3) is 10.0 Å². The van der Waals surface area contributed by atoms with Gasteiger partial charge in [-0.25, -0.2) is 8.42 Å². The first kappa shape index (κ1) is 31.3. The topological polar surface area (TPSA) is 96.0 Å². The van der Waals surface area contributed by atoms with Crippen molar-refractivity contribution < 1.29 is 22.7 Å². The minimum Gasteiger partial charge on any atom is -0.497 e. The average molecular weight is 607 g/mol. The Hall–Kier alpha value is -3.27. The van der Waals surface area contributed by atoms with Crippen LogP contribution in [-0.4, -0.2) is 50.9 Å². The molecule has 0 aliphatic carbocycles. The number of halogens is 2. The number of hydrogen-bond donors (Lipinski definition) is 1. The Balaban J connectivity index is 2.09. The van der Waals surface area contributed by atoms with E-state index in [-0.39, 0.29) is 35.5 Å². The quantitative estimate of drug-likeness (QED) is 0.293. The molecule has 2 amide bonds. The summed E-state index contributed by atoms with van der Waals surface area (Å²) < 4.78 is 33.9. The van der Waals surface area contributed by atoms with Gasteiger partial charge in [-0.2, -0.15) is 0 Å². The number of sulfonamides is 1. The van der Waals surface area contributed by atoms with Crippen LogP contribution >= 0.6 is 23.2 Å². The van der Waals surface area contributed by atoms with E-state index in [0.29, 0.717) is 21.4 Å². The summed E-state index contributed by atoms with van der Waals surface area (Å²) in [6.45, 7) is 4.75. The second-order valence-corrected chi connectivity index (χ2v) is 12.0. The number of carbonyl (C=O) groups is 2. The molecular weight excluding hydrogens is 573 g/mol. The third kappa shape index (κ3) is 7.47. The first-order valence-electron chi connectivity index (χ1n) is 12.7. The van der Waals surface area contributed by atoms with Gasteiger partial charge in [0, 0.05) is 28.2 Å². The molecule has 0 unspecified atom stereocenters. The molecule has 0 saturated heterocycles. The van der Waals surface area contributed by atoms with Crippen LogP contribution < -0.4 is 14.4 Å². The molecular formula is C29H33Cl2N3O5S. The number of ether oxygens (including phenoxy) is 1. The fraction of sp³-hybridized carbons (Fsp3) is 0.310. The molecule has 8 nitrogen and oxygen atoms in total. The second kappa shape index (κ2) is 13.9. The van der Waals surface area contributed by atoms with E-state index in [2.05, 4.69) is 5.32 Å². The molecule has 214 valence electrons. The van der Waals surface area contributed by atoms with E-state index in [1.165, 1.54) is 24.1 Å². The van der Waals surface area contributed by atoms with Crippen molar-refractivity contribution in [3.8, 4) is 5.75 Å². The number of anilines is 1. The minimum absolute atomic E-state index is 0.0175. The standard InChI is InChI=1S/C29H33Cl2N3O5S/c1-5-27(29(36)32-20(2)3)33(18-24-25(30)12-9-13-26(24)31)28(35)19-34(21-14-16-22(39-4)17-15-21)40(37,38)23-10-7-6-8-11-23/h6-17,20,27H,5,18-19H2,1-4H3,(H,32,36)/t27-/m1/s1. The van der Waals surface area contributed by atoms with Crippen LogP contribution in [0.25, 0.3) is 0 Å². The largest absolute Gasteiger partial charge is 0.497 e. The van der Waals surface area contributed by atoms with Crippen molar-refractivity contribution in [2.75, 3.05) is 18.0 Å². The van der Waals surface area contributed by atoms with Crippen LogP contribution in [0.4, 0.5) is 5.69 Å². The number of nitrogens with zero attached hydrogens (tertiary/aromatic N) is 2. The van der Waals surface area contributed by atoms with Gasteiger partial charge in [-0.3, -0.25) is 13.9 Å². The van der Waals surface area contributed by atoms with Crippen molar-refractivity contribution >= 4 is 50.7 Å². The predicted octanol–water partition coefficient (Wildman–Crippen LogP) is 5.53. The van der Waals surface area contributed by atoms with Crippen molar-refractivity contribution in [3.05, 3.63) is 88.4 Å². The highest BCUT2D eigenvalue weighted by molar-refractivity contribution is 7.92. The van der Waals surface area contributed by atoms with Crippen molar-refractivity contribution in [2.24, 2.45) is 0 Å². The Bertz CT molecular complexity index is 1400. The third-order valence-electron chi connectivity index (χ3n) is 6.18. The number of nitrogens with one attached hydrogen (secondary N) is 1. The lowest BCUT2D eigenvalue weighted by Gasteiger charge is -2.34. The maximum Gasteiger partial charge on any atom is 0.264 e. The lowest BCUT2D eigenvalue weighted by atomic mass is 10.1. The van der Waals surface area contributed by atoms with E-state index >= 15 is 0 Å². The van der Waals surface area contributed by atoms with Gasteiger partial charge >= 0.3 is 0 Å². The molecule has 0 fully saturated rings. The molecule has 0 heterocycles. The molecule has 1 atom stereocenters. The monoisotopic (exact) mass is 605 g/mol. The van der Waals surface area contributed by atoms with Crippen molar-refractivity contribution in [1.82, 2.24) is 10.2 Å². The lowest BCUT2D eigenvalue weighted by molar-refractivity contribution is -0.140. The molecule has 3 aromatic rings. The minimum atomic E-state index is -4.17. The molecule has 0 bridgehead atoms. The van der Waals surface area contributed by atoms with Crippen molar-refractivity contribution in [2.45, 2.75) is 50.7 Å². The second-order valence-electron chi connectivity index (χ2n) is 9.33. The summed E-state index contributed by atoms with van der Waals surface area (Å²) in [7, 11) is -2.67. The van der Waals surface area contributed by atoms with Gasteiger partial charge < -0.3 is 15.0 Å². The number of amides is 2. The molecule has 40 heavy (non-hydrogen) atoms. The normalized spacial score (nSPS) is 12.1. The SMILES string of the molecule is CC[C@H](C(=O)NC(C)C)N(Cc1c(Cl)cccc1Cl)C(=O)CN(c1ccc(OC)cc1)S(=O)(=O)c1ccccc1. The van der Waals surface area contributed by atoms with Gasteiger partial charge in [0.15, 0.2) is 0 Å². The Morgan fingerprint density at radius 2 is 1.52 bits per heavy atom. The van der Waals surface area contributed by atoms with Crippen molar-refractivity contribution in [3.63, 3.8) is 0 Å². The van der Waals surface area contributed by atoms with Crippen LogP contribution in [-0.2, 0) is 26.2 Å². The van der Waals surface area contributed by atoms with Crippen LogP contribution in [0.5, 0.6) is 5.75 Å². The highest BCUT2D eigenvalue weighted by Gasteiger charge is 2.34. The van der Waals surface area contributed by atoms with E-state index in [0.717, 1.165) is 4.31 Å². The van der Waals surface area contributed by atoms with Crippen LogP contribution in [0, 0.1) is 0 Å². The Morgan fingerprint density at radius 1 is 0.925 bits per heavy atom. The molecule has 11 heteroatoms. The zero-order valence-electron chi connectivity index (χ0n) is 22.8. The van der Waals surface area contributed by atoms with E-state index < -0.39 is 28.5 Å². The maximum absolute atomic E-state index is 14.1. The highest BCUT2D eigenvalue weighted by Crippen LogP contribution is 2.29. The van der Waals surface area contributed by atoms with E-state index in [4.69, 9.17) is 27.9 Å². The first-order valence-corrected chi connectivity index (χ1v) is 14.9. The molecule has 0 saturated carbocycles. The molecule has 0 aliphatic rings. The smallest absolute Gasteiger partial charge is 0.264 e. The summed E-state index contributed by atoms with van der Waals surface area (Å²) in [6, 6.07) is 18.1.